The zero-order chi connectivity index (χ0) is 16.9. The molecule has 0 bridgehead atoms. The van der Waals surface area contributed by atoms with Crippen molar-refractivity contribution in [2.75, 3.05) is 6.54 Å². The van der Waals surface area contributed by atoms with Crippen LogP contribution in [0.1, 0.15) is 57.4 Å². The fourth-order valence-corrected chi connectivity index (χ4v) is 3.22. The van der Waals surface area contributed by atoms with Crippen molar-refractivity contribution in [3.8, 4) is 0 Å². The number of likely N-dealkylation sites (N-methyl/N-ethyl adjacent to an activating group) is 1. The SMILES string of the molecule is CCNC(=O)C1(NC(=O)C[C@@H](C)c2ccc(F)cc2)CCCC1. The standard InChI is InChI=1S/C18H25FN2O2/c1-3-20-17(23)18(10-4-5-11-18)21-16(22)12-13(2)14-6-8-15(19)9-7-14/h6-9,13H,3-5,10-12H2,1-2H3,(H,20,23)(H,21,22)/t13-/m1/s1. The van der Waals surface area contributed by atoms with Gasteiger partial charge in [0.15, 0.2) is 0 Å². The van der Waals surface area contributed by atoms with Crippen molar-refractivity contribution in [1.29, 1.82) is 0 Å². The van der Waals surface area contributed by atoms with Crippen LogP contribution in [0.25, 0.3) is 0 Å². The molecule has 1 aromatic carbocycles. The molecule has 0 spiro atoms. The molecule has 1 saturated carbocycles. The predicted molar refractivity (Wildman–Crippen MR) is 87.5 cm³/mol. The minimum Gasteiger partial charge on any atom is -0.354 e. The lowest BCUT2D eigenvalue weighted by Crippen LogP contribution is -2.57. The van der Waals surface area contributed by atoms with E-state index in [0.717, 1.165) is 18.4 Å². The highest BCUT2D eigenvalue weighted by atomic mass is 19.1. The van der Waals surface area contributed by atoms with Gasteiger partial charge in [0.1, 0.15) is 11.4 Å². The predicted octanol–water partition coefficient (Wildman–Crippen LogP) is 2.88. The Balaban J connectivity index is 1.99. The number of amides is 2. The highest BCUT2D eigenvalue weighted by molar-refractivity contribution is 5.91. The van der Waals surface area contributed by atoms with Crippen molar-refractivity contribution in [2.24, 2.45) is 0 Å². The van der Waals surface area contributed by atoms with Gasteiger partial charge in [0.2, 0.25) is 11.8 Å². The van der Waals surface area contributed by atoms with Gasteiger partial charge in [-0.25, -0.2) is 4.39 Å². The van der Waals surface area contributed by atoms with Crippen molar-refractivity contribution >= 4 is 11.8 Å². The van der Waals surface area contributed by atoms with E-state index in [1.54, 1.807) is 12.1 Å². The van der Waals surface area contributed by atoms with E-state index in [9.17, 15) is 14.0 Å². The molecule has 0 aromatic heterocycles. The van der Waals surface area contributed by atoms with E-state index >= 15 is 0 Å². The van der Waals surface area contributed by atoms with Crippen LogP contribution in [0.4, 0.5) is 4.39 Å². The third-order valence-electron chi connectivity index (χ3n) is 4.54. The van der Waals surface area contributed by atoms with Crippen molar-refractivity contribution in [3.63, 3.8) is 0 Å². The minimum absolute atomic E-state index is 0.0247. The molecule has 1 fully saturated rings. The van der Waals surface area contributed by atoms with Crippen LogP contribution in [0.5, 0.6) is 0 Å². The molecule has 2 amide bonds. The first-order valence-electron chi connectivity index (χ1n) is 8.31. The maximum atomic E-state index is 13.0. The Labute approximate surface area is 136 Å². The summed E-state index contributed by atoms with van der Waals surface area (Å²) < 4.78 is 13.0. The third-order valence-corrected chi connectivity index (χ3v) is 4.54. The maximum absolute atomic E-state index is 13.0. The number of benzene rings is 1. The Kier molecular flexibility index (Phi) is 5.74. The Bertz CT molecular complexity index is 551. The van der Waals surface area contributed by atoms with Crippen LogP contribution < -0.4 is 10.6 Å². The summed E-state index contributed by atoms with van der Waals surface area (Å²) in [5.74, 6) is -0.523. The highest BCUT2D eigenvalue weighted by Crippen LogP contribution is 2.30. The van der Waals surface area contributed by atoms with Crippen LogP contribution in [0, 0.1) is 5.82 Å². The summed E-state index contributed by atoms with van der Waals surface area (Å²) in [5.41, 5.74) is 0.162. The van der Waals surface area contributed by atoms with Crippen LogP contribution in [0.3, 0.4) is 0 Å². The number of hydrogen-bond acceptors (Lipinski definition) is 2. The van der Waals surface area contributed by atoms with Crippen LogP contribution in [0.2, 0.25) is 0 Å². The van der Waals surface area contributed by atoms with Crippen LogP contribution in [-0.2, 0) is 9.59 Å². The van der Waals surface area contributed by atoms with E-state index < -0.39 is 5.54 Å². The fourth-order valence-electron chi connectivity index (χ4n) is 3.22. The second-order valence-electron chi connectivity index (χ2n) is 6.35. The van der Waals surface area contributed by atoms with Gasteiger partial charge in [-0.1, -0.05) is 31.9 Å². The zero-order valence-corrected chi connectivity index (χ0v) is 13.8. The van der Waals surface area contributed by atoms with Gasteiger partial charge in [0.25, 0.3) is 0 Å². The van der Waals surface area contributed by atoms with Crippen LogP contribution >= 0.6 is 0 Å². The molecule has 2 N–H and O–H groups in total. The van der Waals surface area contributed by atoms with Gasteiger partial charge >= 0.3 is 0 Å². The van der Waals surface area contributed by atoms with Crippen molar-refractivity contribution < 1.29 is 14.0 Å². The smallest absolute Gasteiger partial charge is 0.245 e. The van der Waals surface area contributed by atoms with E-state index in [-0.39, 0.29) is 30.0 Å². The summed E-state index contributed by atoms with van der Waals surface area (Å²) in [6.45, 7) is 4.36. The Hall–Kier alpha value is -1.91. The molecule has 5 heteroatoms. The van der Waals surface area contributed by atoms with Crippen molar-refractivity contribution in [3.05, 3.63) is 35.6 Å². The number of hydrogen-bond donors (Lipinski definition) is 2. The molecule has 0 unspecified atom stereocenters. The summed E-state index contributed by atoms with van der Waals surface area (Å²) in [6, 6.07) is 6.19. The minimum atomic E-state index is -0.754. The van der Waals surface area contributed by atoms with E-state index in [1.807, 2.05) is 13.8 Å². The van der Waals surface area contributed by atoms with Gasteiger partial charge in [0.05, 0.1) is 0 Å². The van der Waals surface area contributed by atoms with Gasteiger partial charge < -0.3 is 10.6 Å². The number of carbonyl (C=O) groups is 2. The molecular weight excluding hydrogens is 295 g/mol. The number of nitrogens with one attached hydrogen (secondary N) is 2. The second kappa shape index (κ2) is 7.57. The molecule has 1 aliphatic rings. The molecule has 0 radical (unpaired) electrons. The van der Waals surface area contributed by atoms with Gasteiger partial charge in [-0.3, -0.25) is 9.59 Å². The molecular formula is C18H25FN2O2. The third kappa shape index (κ3) is 4.30. The molecule has 4 nitrogen and oxygen atoms in total. The second-order valence-corrected chi connectivity index (χ2v) is 6.35. The van der Waals surface area contributed by atoms with Gasteiger partial charge in [-0.05, 0) is 43.4 Å². The normalized spacial score (nSPS) is 17.5. The molecule has 1 aromatic rings. The Morgan fingerprint density at radius 1 is 1.22 bits per heavy atom. The largest absolute Gasteiger partial charge is 0.354 e. The quantitative estimate of drug-likeness (QED) is 0.847. The molecule has 0 saturated heterocycles. The van der Waals surface area contributed by atoms with Gasteiger partial charge in [-0.15, -0.1) is 0 Å². The summed E-state index contributed by atoms with van der Waals surface area (Å²) in [4.78, 5) is 24.7. The molecule has 0 heterocycles. The fraction of sp³-hybridized carbons (Fsp3) is 0.556. The average Bonchev–Trinajstić information content (AvgIpc) is 2.97. The van der Waals surface area contributed by atoms with Gasteiger partial charge in [0, 0.05) is 13.0 Å². The molecule has 2 rings (SSSR count). The van der Waals surface area contributed by atoms with Crippen LogP contribution in [-0.4, -0.2) is 23.9 Å². The molecule has 1 aliphatic carbocycles. The number of carbonyl (C=O) groups excluding carboxylic acids is 2. The summed E-state index contributed by atoms with van der Waals surface area (Å²) in [7, 11) is 0. The van der Waals surface area contributed by atoms with E-state index in [1.165, 1.54) is 12.1 Å². The first kappa shape index (κ1) is 17.4. The first-order chi connectivity index (χ1) is 11.0. The lowest BCUT2D eigenvalue weighted by Gasteiger charge is -2.29. The monoisotopic (exact) mass is 320 g/mol. The molecule has 23 heavy (non-hydrogen) atoms. The molecule has 1 atom stereocenters. The zero-order valence-electron chi connectivity index (χ0n) is 13.8. The van der Waals surface area contributed by atoms with Crippen molar-refractivity contribution in [2.45, 2.75) is 57.4 Å². The number of rotatable bonds is 6. The average molecular weight is 320 g/mol. The lowest BCUT2D eigenvalue weighted by molar-refractivity contribution is -0.133. The van der Waals surface area contributed by atoms with E-state index in [2.05, 4.69) is 10.6 Å². The highest BCUT2D eigenvalue weighted by Gasteiger charge is 2.42. The topological polar surface area (TPSA) is 58.2 Å². The first-order valence-corrected chi connectivity index (χ1v) is 8.31. The summed E-state index contributed by atoms with van der Waals surface area (Å²) in [6.07, 6.45) is 3.56. The summed E-state index contributed by atoms with van der Waals surface area (Å²) >= 11 is 0. The molecule has 0 aliphatic heterocycles. The Morgan fingerprint density at radius 2 is 1.83 bits per heavy atom. The van der Waals surface area contributed by atoms with Crippen LogP contribution in [0.15, 0.2) is 24.3 Å². The lowest BCUT2D eigenvalue weighted by atomic mass is 9.93. The van der Waals surface area contributed by atoms with Crippen molar-refractivity contribution in [1.82, 2.24) is 10.6 Å². The van der Waals surface area contributed by atoms with E-state index in [0.29, 0.717) is 19.4 Å². The van der Waals surface area contributed by atoms with Gasteiger partial charge in [-0.2, -0.15) is 0 Å². The maximum Gasteiger partial charge on any atom is 0.245 e. The summed E-state index contributed by atoms with van der Waals surface area (Å²) in [5, 5.41) is 5.79. The Morgan fingerprint density at radius 3 is 2.39 bits per heavy atom. The van der Waals surface area contributed by atoms with E-state index in [4.69, 9.17) is 0 Å². The number of halogens is 1. The molecule has 126 valence electrons.